The van der Waals surface area contributed by atoms with Crippen LogP contribution in [0.3, 0.4) is 0 Å². The molecule has 0 N–H and O–H groups in total. The van der Waals surface area contributed by atoms with Crippen LogP contribution in [0.5, 0.6) is 11.6 Å². The summed E-state index contributed by atoms with van der Waals surface area (Å²) in [6.07, 6.45) is 1.36. The Morgan fingerprint density at radius 3 is 2.72 bits per heavy atom. The minimum absolute atomic E-state index is 0.101. The summed E-state index contributed by atoms with van der Waals surface area (Å²) in [6, 6.07) is 11.1. The van der Waals surface area contributed by atoms with Gasteiger partial charge >= 0.3 is 0 Å². The smallest absolute Gasteiger partial charge is 0.296 e. The standard InChI is InChI=1S/C22H20Br2N4O3S/c1-4-17(29)27-16-9-7-6-8-13(16)18-20(30)25-22(32-3)26-28(18)21(27)14-10-12(23)11-15(24)19(14)31-5-2/h6-11,21H,4-5H2,1-3H3. The van der Waals surface area contributed by atoms with Crippen molar-refractivity contribution in [3.8, 4) is 22.9 Å². The molecule has 0 bridgehead atoms. The average Bonchev–Trinajstić information content (AvgIpc) is 2.78. The largest absolute Gasteiger partial charge is 0.854 e. The van der Waals surface area contributed by atoms with E-state index in [1.54, 1.807) is 9.58 Å². The van der Waals surface area contributed by atoms with Crippen LogP contribution in [0.2, 0.25) is 0 Å². The maximum absolute atomic E-state index is 13.3. The van der Waals surface area contributed by atoms with E-state index in [1.807, 2.05) is 56.5 Å². The van der Waals surface area contributed by atoms with Gasteiger partial charge in [-0.3, -0.25) is 4.79 Å². The molecule has 32 heavy (non-hydrogen) atoms. The third kappa shape index (κ3) is 3.88. The summed E-state index contributed by atoms with van der Waals surface area (Å²) >= 11 is 8.42. The normalized spacial score (nSPS) is 14.7. The van der Waals surface area contributed by atoms with Crippen LogP contribution in [-0.2, 0) is 4.79 Å². The van der Waals surface area contributed by atoms with Gasteiger partial charge in [0.2, 0.25) is 5.91 Å². The summed E-state index contributed by atoms with van der Waals surface area (Å²) in [5, 5.41) is 18.1. The number of benzene rings is 2. The number of rotatable bonds is 5. The number of para-hydroxylation sites is 1. The molecule has 0 saturated carbocycles. The Bertz CT molecular complexity index is 1210. The van der Waals surface area contributed by atoms with Crippen molar-refractivity contribution >= 4 is 55.2 Å². The highest BCUT2D eigenvalue weighted by Gasteiger charge is 2.46. The Kier molecular flexibility index (Phi) is 6.73. The Morgan fingerprint density at radius 1 is 1.28 bits per heavy atom. The summed E-state index contributed by atoms with van der Waals surface area (Å²) in [5.74, 6) is 0.0949. The lowest BCUT2D eigenvalue weighted by Gasteiger charge is -2.34. The number of hydrogen-bond acceptors (Lipinski definition) is 6. The second kappa shape index (κ2) is 9.36. The van der Waals surface area contributed by atoms with Crippen LogP contribution in [0.4, 0.5) is 5.69 Å². The third-order valence-corrected chi connectivity index (χ3v) is 6.66. The zero-order chi connectivity index (χ0) is 23.0. The van der Waals surface area contributed by atoms with Gasteiger partial charge in [-0.25, -0.2) is 9.88 Å². The Balaban J connectivity index is 2.12. The van der Waals surface area contributed by atoms with E-state index < -0.39 is 12.0 Å². The van der Waals surface area contributed by atoms with Crippen LogP contribution >= 0.6 is 43.6 Å². The van der Waals surface area contributed by atoms with Gasteiger partial charge in [-0.05, 0) is 53.4 Å². The summed E-state index contributed by atoms with van der Waals surface area (Å²) in [6.45, 7) is 4.14. The first-order valence-electron chi connectivity index (χ1n) is 9.99. The van der Waals surface area contributed by atoms with Gasteiger partial charge in [0.25, 0.3) is 17.0 Å². The molecule has 1 aliphatic heterocycles. The highest BCUT2D eigenvalue weighted by Crippen LogP contribution is 2.45. The second-order valence-corrected chi connectivity index (χ2v) is 9.49. The van der Waals surface area contributed by atoms with E-state index in [1.165, 1.54) is 11.8 Å². The van der Waals surface area contributed by atoms with Crippen molar-refractivity contribution in [2.45, 2.75) is 31.6 Å². The van der Waals surface area contributed by atoms with Gasteiger partial charge in [0.05, 0.1) is 33.8 Å². The number of aromatic nitrogens is 3. The maximum atomic E-state index is 13.3. The molecule has 1 aromatic heterocycles. The van der Waals surface area contributed by atoms with Gasteiger partial charge in [0.1, 0.15) is 5.75 Å². The fourth-order valence-electron chi connectivity index (χ4n) is 3.81. The lowest BCUT2D eigenvalue weighted by Crippen LogP contribution is -2.59. The lowest BCUT2D eigenvalue weighted by molar-refractivity contribution is -0.764. The summed E-state index contributed by atoms with van der Waals surface area (Å²) < 4.78 is 9.12. The van der Waals surface area contributed by atoms with Gasteiger partial charge in [0, 0.05) is 16.0 Å². The predicted molar refractivity (Wildman–Crippen MR) is 128 cm³/mol. The number of carbonyl (C=O) groups excluding carboxylic acids is 1. The van der Waals surface area contributed by atoms with Crippen molar-refractivity contribution in [2.75, 3.05) is 17.8 Å². The zero-order valence-corrected chi connectivity index (χ0v) is 21.6. The Labute approximate surface area is 207 Å². The molecule has 1 unspecified atom stereocenters. The number of fused-ring (bicyclic) bond motifs is 3. The number of halogens is 2. The van der Waals surface area contributed by atoms with Gasteiger partial charge < -0.3 is 9.84 Å². The van der Waals surface area contributed by atoms with Crippen molar-refractivity contribution in [2.24, 2.45) is 0 Å². The minimum Gasteiger partial charge on any atom is -0.854 e. The molecule has 7 nitrogen and oxygen atoms in total. The van der Waals surface area contributed by atoms with E-state index in [4.69, 9.17) is 4.74 Å². The van der Waals surface area contributed by atoms with E-state index in [0.717, 1.165) is 8.95 Å². The predicted octanol–water partition coefficient (Wildman–Crippen LogP) is 4.45. The van der Waals surface area contributed by atoms with Crippen molar-refractivity contribution in [1.82, 2.24) is 10.1 Å². The topological polar surface area (TPSA) is 82.3 Å². The van der Waals surface area contributed by atoms with Gasteiger partial charge in [-0.1, -0.05) is 51.4 Å². The second-order valence-electron chi connectivity index (χ2n) is 6.94. The number of nitrogens with zero attached hydrogens (tertiary/aromatic N) is 4. The number of ether oxygens (including phenoxy) is 1. The van der Waals surface area contributed by atoms with Gasteiger partial charge in [-0.2, -0.15) is 0 Å². The van der Waals surface area contributed by atoms with Crippen LogP contribution in [0.25, 0.3) is 11.3 Å². The van der Waals surface area contributed by atoms with Crippen LogP contribution in [0.15, 0.2) is 50.5 Å². The van der Waals surface area contributed by atoms with Crippen LogP contribution < -0.4 is 19.4 Å². The number of thioether (sulfide) groups is 1. The fourth-order valence-corrected chi connectivity index (χ4v) is 5.53. The number of carbonyl (C=O) groups is 1. The number of amides is 1. The first-order chi connectivity index (χ1) is 15.4. The SMILES string of the molecule is CCOc1c(Br)cc(Br)cc1C1N(C(=O)CC)c2ccccc2-c2c([O-])nc(SC)n[n+]21. The molecule has 0 saturated heterocycles. The van der Waals surface area contributed by atoms with E-state index >= 15 is 0 Å². The minimum atomic E-state index is -0.732. The van der Waals surface area contributed by atoms with Gasteiger partial charge in [-0.15, -0.1) is 0 Å². The summed E-state index contributed by atoms with van der Waals surface area (Å²) in [4.78, 5) is 19.2. The van der Waals surface area contributed by atoms with E-state index in [-0.39, 0.29) is 12.3 Å². The molecule has 1 aliphatic rings. The zero-order valence-electron chi connectivity index (χ0n) is 17.6. The molecule has 1 atom stereocenters. The monoisotopic (exact) mass is 578 g/mol. The van der Waals surface area contributed by atoms with Crippen molar-refractivity contribution in [3.63, 3.8) is 0 Å². The molecular weight excluding hydrogens is 560 g/mol. The molecule has 2 heterocycles. The highest BCUT2D eigenvalue weighted by molar-refractivity contribution is 9.11. The van der Waals surface area contributed by atoms with Crippen LogP contribution in [0, 0.1) is 0 Å². The van der Waals surface area contributed by atoms with Crippen molar-refractivity contribution < 1.29 is 19.3 Å². The summed E-state index contributed by atoms with van der Waals surface area (Å²) in [7, 11) is 0. The molecule has 0 aliphatic carbocycles. The quantitative estimate of drug-likeness (QED) is 0.328. The van der Waals surface area contributed by atoms with E-state index in [9.17, 15) is 9.90 Å². The fraction of sp³-hybridized carbons (Fsp3) is 0.273. The van der Waals surface area contributed by atoms with Crippen molar-refractivity contribution in [3.05, 3.63) is 50.9 Å². The molecule has 4 rings (SSSR count). The molecule has 10 heteroatoms. The maximum Gasteiger partial charge on any atom is 0.296 e. The lowest BCUT2D eigenvalue weighted by atomic mass is 10.0. The first-order valence-corrected chi connectivity index (χ1v) is 12.8. The molecule has 1 amide bonds. The average molecular weight is 580 g/mol. The summed E-state index contributed by atoms with van der Waals surface area (Å²) in [5.41, 5.74) is 2.29. The molecule has 2 aromatic carbocycles. The van der Waals surface area contributed by atoms with Crippen molar-refractivity contribution in [1.29, 1.82) is 0 Å². The van der Waals surface area contributed by atoms with Crippen LogP contribution in [-0.4, -0.2) is 28.9 Å². The Hall–Kier alpha value is -2.17. The molecule has 0 fully saturated rings. The molecule has 0 spiro atoms. The number of anilines is 1. The van der Waals surface area contributed by atoms with Crippen LogP contribution in [0.1, 0.15) is 32.0 Å². The third-order valence-electron chi connectivity index (χ3n) is 5.07. The first kappa shape index (κ1) is 23.0. The van der Waals surface area contributed by atoms with Gasteiger partial charge in [0.15, 0.2) is 0 Å². The molecular formula is C22H20Br2N4O3S. The molecule has 0 radical (unpaired) electrons. The van der Waals surface area contributed by atoms with E-state index in [0.29, 0.717) is 40.0 Å². The molecule has 3 aromatic rings. The Morgan fingerprint density at radius 2 is 2.03 bits per heavy atom. The number of hydrogen-bond donors (Lipinski definition) is 0. The van der Waals surface area contributed by atoms with E-state index in [2.05, 4.69) is 41.9 Å². The molecule has 166 valence electrons. The highest BCUT2D eigenvalue weighted by atomic mass is 79.9.